The van der Waals surface area contributed by atoms with Crippen molar-refractivity contribution >= 4 is 17.4 Å². The first kappa shape index (κ1) is 17.8. The summed E-state index contributed by atoms with van der Waals surface area (Å²) in [6.45, 7) is 3.01. The first-order valence-corrected chi connectivity index (χ1v) is 8.75. The molecule has 0 aliphatic carbocycles. The number of benzene rings is 1. The standard InChI is InChI=1S/C19H22N4O3/c1-14-9-11-20-18(17(14)23(25)26)21-16-10-13-22(19(16)24)12-5-8-15-6-3-2-4-7-15/h2-4,6-7,9,11,16H,5,8,10,12-13H2,1H3,(H,20,21). The molecule has 2 aromatic rings. The van der Waals surface area contributed by atoms with Crippen molar-refractivity contribution in [2.24, 2.45) is 0 Å². The number of rotatable bonds is 7. The van der Waals surface area contributed by atoms with Gasteiger partial charge in [-0.05, 0) is 37.8 Å². The number of nitrogens with zero attached hydrogens (tertiary/aromatic N) is 3. The van der Waals surface area contributed by atoms with Crippen LogP contribution >= 0.6 is 0 Å². The number of carbonyl (C=O) groups excluding carboxylic acids is 1. The summed E-state index contributed by atoms with van der Waals surface area (Å²) in [4.78, 5) is 29.3. The fourth-order valence-corrected chi connectivity index (χ4v) is 3.27. The first-order valence-electron chi connectivity index (χ1n) is 8.75. The van der Waals surface area contributed by atoms with Crippen molar-refractivity contribution in [3.05, 3.63) is 63.8 Å². The summed E-state index contributed by atoms with van der Waals surface area (Å²) in [5, 5.41) is 14.2. The summed E-state index contributed by atoms with van der Waals surface area (Å²) in [7, 11) is 0. The Labute approximate surface area is 152 Å². The second kappa shape index (κ2) is 7.95. The Hall–Kier alpha value is -2.96. The minimum absolute atomic E-state index is 0.0179. The van der Waals surface area contributed by atoms with Gasteiger partial charge in [-0.1, -0.05) is 30.3 Å². The van der Waals surface area contributed by atoms with Crippen molar-refractivity contribution in [1.29, 1.82) is 0 Å². The summed E-state index contributed by atoms with van der Waals surface area (Å²) < 4.78 is 0. The normalized spacial score (nSPS) is 16.7. The van der Waals surface area contributed by atoms with Gasteiger partial charge in [-0.25, -0.2) is 4.98 Å². The molecule has 136 valence electrons. The number of aromatic nitrogens is 1. The third kappa shape index (κ3) is 3.99. The molecular formula is C19H22N4O3. The van der Waals surface area contributed by atoms with Crippen LogP contribution in [-0.2, 0) is 11.2 Å². The van der Waals surface area contributed by atoms with Gasteiger partial charge < -0.3 is 10.2 Å². The predicted molar refractivity (Wildman–Crippen MR) is 99.0 cm³/mol. The van der Waals surface area contributed by atoms with Gasteiger partial charge in [0.25, 0.3) is 0 Å². The van der Waals surface area contributed by atoms with Gasteiger partial charge in [0.15, 0.2) is 0 Å². The van der Waals surface area contributed by atoms with Crippen LogP contribution in [0, 0.1) is 17.0 Å². The van der Waals surface area contributed by atoms with E-state index in [1.165, 1.54) is 11.8 Å². The maximum atomic E-state index is 12.6. The lowest BCUT2D eigenvalue weighted by Gasteiger charge is -2.17. The third-order valence-corrected chi connectivity index (χ3v) is 4.65. The Morgan fingerprint density at radius 3 is 2.81 bits per heavy atom. The molecule has 1 aromatic carbocycles. The zero-order valence-corrected chi connectivity index (χ0v) is 14.7. The Morgan fingerprint density at radius 1 is 1.31 bits per heavy atom. The number of aryl methyl sites for hydroxylation is 2. The lowest BCUT2D eigenvalue weighted by atomic mass is 10.1. The molecule has 26 heavy (non-hydrogen) atoms. The van der Waals surface area contributed by atoms with Crippen molar-refractivity contribution in [3.63, 3.8) is 0 Å². The Balaban J connectivity index is 1.58. The molecule has 0 radical (unpaired) electrons. The number of nitro groups is 1. The molecule has 2 heterocycles. The van der Waals surface area contributed by atoms with Gasteiger partial charge in [0.05, 0.1) is 4.92 Å². The lowest BCUT2D eigenvalue weighted by molar-refractivity contribution is -0.384. The molecule has 1 atom stereocenters. The fraction of sp³-hybridized carbons (Fsp3) is 0.368. The van der Waals surface area contributed by atoms with Crippen molar-refractivity contribution in [2.75, 3.05) is 18.4 Å². The van der Waals surface area contributed by atoms with Crippen molar-refractivity contribution in [2.45, 2.75) is 32.2 Å². The Morgan fingerprint density at radius 2 is 2.08 bits per heavy atom. The molecule has 1 N–H and O–H groups in total. The number of carbonyl (C=O) groups is 1. The number of nitrogens with one attached hydrogen (secondary N) is 1. The van der Waals surface area contributed by atoms with E-state index in [0.717, 1.165) is 12.8 Å². The van der Waals surface area contributed by atoms with Crippen LogP contribution in [0.1, 0.15) is 24.0 Å². The van der Waals surface area contributed by atoms with E-state index in [1.807, 2.05) is 23.1 Å². The molecule has 7 heteroatoms. The minimum Gasteiger partial charge on any atom is -0.353 e. The molecule has 1 aliphatic heterocycles. The van der Waals surface area contributed by atoms with E-state index < -0.39 is 11.0 Å². The van der Waals surface area contributed by atoms with E-state index in [0.29, 0.717) is 25.1 Å². The highest BCUT2D eigenvalue weighted by Gasteiger charge is 2.33. The molecule has 1 amide bonds. The van der Waals surface area contributed by atoms with Crippen molar-refractivity contribution in [3.8, 4) is 0 Å². The van der Waals surface area contributed by atoms with E-state index in [2.05, 4.69) is 22.4 Å². The molecule has 1 fully saturated rings. The topological polar surface area (TPSA) is 88.4 Å². The van der Waals surface area contributed by atoms with Gasteiger partial charge in [0.1, 0.15) is 6.04 Å². The maximum Gasteiger partial charge on any atom is 0.314 e. The van der Waals surface area contributed by atoms with E-state index in [4.69, 9.17) is 0 Å². The monoisotopic (exact) mass is 354 g/mol. The highest BCUT2D eigenvalue weighted by atomic mass is 16.6. The van der Waals surface area contributed by atoms with Crippen LogP contribution in [0.3, 0.4) is 0 Å². The summed E-state index contributed by atoms with van der Waals surface area (Å²) in [5.41, 5.74) is 1.72. The van der Waals surface area contributed by atoms with Crippen molar-refractivity contribution in [1.82, 2.24) is 9.88 Å². The number of anilines is 1. The molecule has 0 spiro atoms. The van der Waals surface area contributed by atoms with Gasteiger partial charge in [0, 0.05) is 24.8 Å². The van der Waals surface area contributed by atoms with Gasteiger partial charge in [0.2, 0.25) is 11.7 Å². The van der Waals surface area contributed by atoms with E-state index >= 15 is 0 Å². The van der Waals surface area contributed by atoms with Crippen LogP contribution in [-0.4, -0.2) is 39.8 Å². The largest absolute Gasteiger partial charge is 0.353 e. The molecule has 1 unspecified atom stereocenters. The number of hydrogen-bond donors (Lipinski definition) is 1. The second-order valence-corrected chi connectivity index (χ2v) is 6.48. The summed E-state index contributed by atoms with van der Waals surface area (Å²) >= 11 is 0. The van der Waals surface area contributed by atoms with E-state index in [9.17, 15) is 14.9 Å². The molecule has 1 saturated heterocycles. The molecular weight excluding hydrogens is 332 g/mol. The second-order valence-electron chi connectivity index (χ2n) is 6.48. The van der Waals surface area contributed by atoms with E-state index in [-0.39, 0.29) is 17.4 Å². The highest BCUT2D eigenvalue weighted by molar-refractivity contribution is 5.87. The van der Waals surface area contributed by atoms with Crippen LogP contribution < -0.4 is 5.32 Å². The first-order chi connectivity index (χ1) is 12.6. The third-order valence-electron chi connectivity index (χ3n) is 4.65. The zero-order chi connectivity index (χ0) is 18.5. The quantitative estimate of drug-likeness (QED) is 0.610. The summed E-state index contributed by atoms with van der Waals surface area (Å²) in [5.74, 6) is 0.148. The average molecular weight is 354 g/mol. The smallest absolute Gasteiger partial charge is 0.314 e. The van der Waals surface area contributed by atoms with Crippen LogP contribution in [0.25, 0.3) is 0 Å². The predicted octanol–water partition coefficient (Wildman–Crippen LogP) is 2.94. The molecule has 3 rings (SSSR count). The highest BCUT2D eigenvalue weighted by Crippen LogP contribution is 2.27. The van der Waals surface area contributed by atoms with Gasteiger partial charge in [-0.15, -0.1) is 0 Å². The molecule has 1 aromatic heterocycles. The number of hydrogen-bond acceptors (Lipinski definition) is 5. The van der Waals surface area contributed by atoms with Crippen molar-refractivity contribution < 1.29 is 9.72 Å². The SMILES string of the molecule is Cc1ccnc(NC2CCN(CCCc3ccccc3)C2=O)c1[N+](=O)[O-]. The maximum absolute atomic E-state index is 12.6. The lowest BCUT2D eigenvalue weighted by Crippen LogP contribution is -2.34. The van der Waals surface area contributed by atoms with Gasteiger partial charge >= 0.3 is 5.69 Å². The van der Waals surface area contributed by atoms with Gasteiger partial charge in [-0.2, -0.15) is 0 Å². The summed E-state index contributed by atoms with van der Waals surface area (Å²) in [6, 6.07) is 11.3. The number of pyridine rings is 1. The Kier molecular flexibility index (Phi) is 5.46. The molecule has 1 aliphatic rings. The van der Waals surface area contributed by atoms with Crippen LogP contribution in [0.4, 0.5) is 11.5 Å². The number of amides is 1. The average Bonchev–Trinajstić information content (AvgIpc) is 2.96. The molecule has 0 bridgehead atoms. The number of likely N-dealkylation sites (tertiary alicyclic amines) is 1. The fourth-order valence-electron chi connectivity index (χ4n) is 3.27. The molecule has 0 saturated carbocycles. The minimum atomic E-state index is -0.459. The van der Waals surface area contributed by atoms with Crippen LogP contribution in [0.5, 0.6) is 0 Å². The van der Waals surface area contributed by atoms with E-state index in [1.54, 1.807) is 13.0 Å². The Bertz CT molecular complexity index is 795. The molecule has 7 nitrogen and oxygen atoms in total. The van der Waals surface area contributed by atoms with Crippen LogP contribution in [0.15, 0.2) is 42.6 Å². The van der Waals surface area contributed by atoms with Crippen LogP contribution in [0.2, 0.25) is 0 Å². The summed E-state index contributed by atoms with van der Waals surface area (Å²) in [6.07, 6.45) is 3.96. The zero-order valence-electron chi connectivity index (χ0n) is 14.7. The van der Waals surface area contributed by atoms with Gasteiger partial charge in [-0.3, -0.25) is 14.9 Å².